The first-order valence-electron chi connectivity index (χ1n) is 11.4. The monoisotopic (exact) mass is 522 g/mol. The third-order valence-electron chi connectivity index (χ3n) is 5.13. The first-order chi connectivity index (χ1) is 17.2. The van der Waals surface area contributed by atoms with Gasteiger partial charge in [-0.15, -0.1) is 0 Å². The normalized spacial score (nSPS) is 14.1. The number of phenolic OH excluding ortho intramolecular Hbond substituents is 1. The molecule has 11 N–H and O–H groups in total. The van der Waals surface area contributed by atoms with Crippen LogP contribution in [0.1, 0.15) is 38.7 Å². The first kappa shape index (κ1) is 30.8. The summed E-state index contributed by atoms with van der Waals surface area (Å²) in [5, 5.41) is 25.5. The topological polar surface area (TPSA) is 257 Å². The number of phenols is 1. The summed E-state index contributed by atoms with van der Waals surface area (Å²) in [6.07, 6.45) is -1.13. The van der Waals surface area contributed by atoms with Gasteiger partial charge in [-0.2, -0.15) is 0 Å². The standard InChI is InChI=1S/C23H34N6O8/c1-11(2)7-15(21(34)29-17(23(36)37)10-19(26)32)28-22(35)16(9-18(25)31)27-20(33)14(24)8-12-3-5-13(30)6-4-12/h3-6,11,14-17,30H,7-10,24H2,1-2H3,(H2,25,31)(H2,26,32)(H,27,33)(H,28,35)(H,29,34)(H,36,37). The summed E-state index contributed by atoms with van der Waals surface area (Å²) in [6, 6.07) is 0.493. The maximum Gasteiger partial charge on any atom is 0.326 e. The quantitative estimate of drug-likeness (QED) is 0.122. The second-order valence-electron chi connectivity index (χ2n) is 8.97. The van der Waals surface area contributed by atoms with Gasteiger partial charge in [0.05, 0.1) is 18.9 Å². The number of carboxylic acids is 1. The van der Waals surface area contributed by atoms with Crippen molar-refractivity contribution in [3.8, 4) is 5.75 Å². The Morgan fingerprint density at radius 1 is 0.784 bits per heavy atom. The molecule has 0 spiro atoms. The fraction of sp³-hybridized carbons (Fsp3) is 0.478. The summed E-state index contributed by atoms with van der Waals surface area (Å²) in [5.74, 6) is -6.07. The van der Waals surface area contributed by atoms with Crippen molar-refractivity contribution >= 4 is 35.5 Å². The van der Waals surface area contributed by atoms with E-state index < -0.39 is 72.5 Å². The lowest BCUT2D eigenvalue weighted by molar-refractivity contribution is -0.144. The second kappa shape index (κ2) is 14.4. The summed E-state index contributed by atoms with van der Waals surface area (Å²) in [6.45, 7) is 3.49. The molecule has 4 unspecified atom stereocenters. The zero-order chi connectivity index (χ0) is 28.3. The maximum atomic E-state index is 13.0. The SMILES string of the molecule is CC(C)CC(NC(=O)C(CC(N)=O)NC(=O)C(N)Cc1ccc(O)cc1)C(=O)NC(CC(N)=O)C(=O)O. The van der Waals surface area contributed by atoms with Gasteiger partial charge in [0.25, 0.3) is 0 Å². The van der Waals surface area contributed by atoms with E-state index in [1.165, 1.54) is 12.1 Å². The Labute approximate surface area is 213 Å². The van der Waals surface area contributed by atoms with E-state index in [0.717, 1.165) is 0 Å². The van der Waals surface area contributed by atoms with Gasteiger partial charge in [-0.25, -0.2) is 4.79 Å². The van der Waals surface area contributed by atoms with Crippen molar-refractivity contribution < 1.29 is 39.0 Å². The number of hydrogen-bond donors (Lipinski definition) is 8. The lowest BCUT2D eigenvalue weighted by Gasteiger charge is -2.25. The number of amides is 5. The van der Waals surface area contributed by atoms with Crippen molar-refractivity contribution in [3.63, 3.8) is 0 Å². The number of benzene rings is 1. The maximum absolute atomic E-state index is 13.0. The van der Waals surface area contributed by atoms with Gasteiger partial charge in [-0.05, 0) is 36.5 Å². The van der Waals surface area contributed by atoms with Crippen LogP contribution in [0.25, 0.3) is 0 Å². The third-order valence-corrected chi connectivity index (χ3v) is 5.13. The summed E-state index contributed by atoms with van der Waals surface area (Å²) >= 11 is 0. The van der Waals surface area contributed by atoms with E-state index in [4.69, 9.17) is 17.2 Å². The molecule has 1 aromatic rings. The van der Waals surface area contributed by atoms with Crippen molar-refractivity contribution in [2.24, 2.45) is 23.1 Å². The van der Waals surface area contributed by atoms with E-state index in [1.807, 2.05) is 0 Å². The van der Waals surface area contributed by atoms with Crippen LogP contribution in [0.4, 0.5) is 0 Å². The second-order valence-corrected chi connectivity index (χ2v) is 8.97. The minimum atomic E-state index is -1.62. The van der Waals surface area contributed by atoms with Gasteiger partial charge in [-0.3, -0.25) is 24.0 Å². The Bertz CT molecular complexity index is 997. The predicted molar refractivity (Wildman–Crippen MR) is 130 cm³/mol. The predicted octanol–water partition coefficient (Wildman–Crippen LogP) is -2.40. The fourth-order valence-electron chi connectivity index (χ4n) is 3.32. The zero-order valence-electron chi connectivity index (χ0n) is 20.6. The largest absolute Gasteiger partial charge is 0.508 e. The molecule has 4 atom stereocenters. The molecule has 37 heavy (non-hydrogen) atoms. The molecule has 204 valence electrons. The minimum absolute atomic E-state index is 0.0317. The van der Waals surface area contributed by atoms with Crippen LogP contribution in [0.3, 0.4) is 0 Å². The number of carbonyl (C=O) groups excluding carboxylic acids is 5. The first-order valence-corrected chi connectivity index (χ1v) is 11.4. The molecule has 0 aliphatic heterocycles. The smallest absolute Gasteiger partial charge is 0.326 e. The molecule has 14 nitrogen and oxygen atoms in total. The molecule has 0 radical (unpaired) electrons. The van der Waals surface area contributed by atoms with Gasteiger partial charge in [-0.1, -0.05) is 26.0 Å². The zero-order valence-corrected chi connectivity index (χ0v) is 20.6. The molecule has 1 aromatic carbocycles. The van der Waals surface area contributed by atoms with E-state index >= 15 is 0 Å². The van der Waals surface area contributed by atoms with Gasteiger partial charge < -0.3 is 43.4 Å². The number of nitrogens with two attached hydrogens (primary N) is 3. The molecule has 0 fully saturated rings. The van der Waals surface area contributed by atoms with Crippen molar-refractivity contribution in [1.82, 2.24) is 16.0 Å². The number of primary amides is 2. The fourth-order valence-corrected chi connectivity index (χ4v) is 3.32. The van der Waals surface area contributed by atoms with E-state index in [2.05, 4.69) is 16.0 Å². The molecule has 0 saturated heterocycles. The highest BCUT2D eigenvalue weighted by atomic mass is 16.4. The van der Waals surface area contributed by atoms with E-state index in [1.54, 1.807) is 26.0 Å². The molecule has 14 heteroatoms. The van der Waals surface area contributed by atoms with E-state index in [9.17, 15) is 39.0 Å². The molecule has 1 rings (SSSR count). The number of aromatic hydroxyl groups is 1. The van der Waals surface area contributed by atoms with Crippen LogP contribution in [-0.4, -0.2) is 69.9 Å². The van der Waals surface area contributed by atoms with Gasteiger partial charge in [0.2, 0.25) is 29.5 Å². The number of carbonyl (C=O) groups is 6. The van der Waals surface area contributed by atoms with E-state index in [0.29, 0.717) is 5.56 Å². The Hall–Kier alpha value is -4.20. The third kappa shape index (κ3) is 11.4. The van der Waals surface area contributed by atoms with Gasteiger partial charge >= 0.3 is 5.97 Å². The van der Waals surface area contributed by atoms with Crippen molar-refractivity contribution in [2.45, 2.75) is 63.7 Å². The molecular weight excluding hydrogens is 488 g/mol. The average Bonchev–Trinajstić information content (AvgIpc) is 2.78. The Kier molecular flexibility index (Phi) is 12.0. The molecular formula is C23H34N6O8. The molecule has 0 bridgehead atoms. The highest BCUT2D eigenvalue weighted by Crippen LogP contribution is 2.11. The molecule has 0 aromatic heterocycles. The number of carboxylic acid groups (broad SMARTS) is 1. The van der Waals surface area contributed by atoms with Gasteiger partial charge in [0.1, 0.15) is 23.9 Å². The molecule has 5 amide bonds. The number of rotatable bonds is 15. The molecule has 0 aliphatic carbocycles. The number of nitrogens with one attached hydrogen (secondary N) is 3. The van der Waals surface area contributed by atoms with Crippen LogP contribution < -0.4 is 33.2 Å². The van der Waals surface area contributed by atoms with Crippen LogP contribution in [0.5, 0.6) is 5.75 Å². The molecule has 0 saturated carbocycles. The summed E-state index contributed by atoms with van der Waals surface area (Å²) in [5.41, 5.74) is 16.8. The summed E-state index contributed by atoms with van der Waals surface area (Å²) in [4.78, 5) is 72.4. The molecule has 0 heterocycles. The van der Waals surface area contributed by atoms with Crippen LogP contribution in [0.2, 0.25) is 0 Å². The Balaban J connectivity index is 2.98. The van der Waals surface area contributed by atoms with Crippen LogP contribution in [0, 0.1) is 5.92 Å². The number of aliphatic carboxylic acids is 1. The van der Waals surface area contributed by atoms with Crippen molar-refractivity contribution in [1.29, 1.82) is 0 Å². The minimum Gasteiger partial charge on any atom is -0.508 e. The van der Waals surface area contributed by atoms with Gasteiger partial charge in [0, 0.05) is 0 Å². The van der Waals surface area contributed by atoms with E-state index in [-0.39, 0.29) is 24.5 Å². The lowest BCUT2D eigenvalue weighted by atomic mass is 10.0. The van der Waals surface area contributed by atoms with Crippen molar-refractivity contribution in [3.05, 3.63) is 29.8 Å². The summed E-state index contributed by atoms with van der Waals surface area (Å²) < 4.78 is 0. The van der Waals surface area contributed by atoms with Crippen LogP contribution >= 0.6 is 0 Å². The number of hydrogen-bond acceptors (Lipinski definition) is 8. The summed E-state index contributed by atoms with van der Waals surface area (Å²) in [7, 11) is 0. The van der Waals surface area contributed by atoms with Gasteiger partial charge in [0.15, 0.2) is 0 Å². The van der Waals surface area contributed by atoms with Crippen molar-refractivity contribution in [2.75, 3.05) is 0 Å². The molecule has 0 aliphatic rings. The Morgan fingerprint density at radius 3 is 1.73 bits per heavy atom. The van der Waals surface area contributed by atoms with Crippen LogP contribution in [-0.2, 0) is 35.2 Å². The Morgan fingerprint density at radius 2 is 1.24 bits per heavy atom. The lowest BCUT2D eigenvalue weighted by Crippen LogP contribution is -2.58. The average molecular weight is 523 g/mol. The highest BCUT2D eigenvalue weighted by molar-refractivity contribution is 5.96. The highest BCUT2D eigenvalue weighted by Gasteiger charge is 2.32. The van der Waals surface area contributed by atoms with Crippen LogP contribution in [0.15, 0.2) is 24.3 Å².